The zero-order valence-corrected chi connectivity index (χ0v) is 10.9. The predicted octanol–water partition coefficient (Wildman–Crippen LogP) is 3.41. The maximum atomic E-state index is 11.6. The van der Waals surface area contributed by atoms with E-state index >= 15 is 0 Å². The molecule has 1 aromatic carbocycles. The summed E-state index contributed by atoms with van der Waals surface area (Å²) < 4.78 is 0. The maximum Gasteiger partial charge on any atom is 0.335 e. The minimum absolute atomic E-state index is 0.0935. The number of carbonyl (C=O) groups excluding carboxylic acids is 1. The van der Waals surface area contributed by atoms with Crippen LogP contribution >= 0.6 is 0 Å². The lowest BCUT2D eigenvalue weighted by Gasteiger charge is -2.10. The van der Waals surface area contributed by atoms with Crippen molar-refractivity contribution in [1.82, 2.24) is 0 Å². The lowest BCUT2D eigenvalue weighted by Crippen LogP contribution is -2.03. The summed E-state index contributed by atoms with van der Waals surface area (Å²) in [5.74, 6) is -0.740. The number of ketones is 1. The average molecular weight is 246 g/mol. The molecule has 0 aliphatic heterocycles. The van der Waals surface area contributed by atoms with Gasteiger partial charge in [0, 0.05) is 6.42 Å². The van der Waals surface area contributed by atoms with Crippen LogP contribution in [0.2, 0.25) is 0 Å². The second kappa shape index (κ2) is 6.15. The Morgan fingerprint density at radius 3 is 2.22 bits per heavy atom. The Kier molecular flexibility index (Phi) is 4.84. The zero-order valence-electron chi connectivity index (χ0n) is 10.9. The Bertz CT molecular complexity index is 465. The first-order valence-corrected chi connectivity index (χ1v) is 5.91. The molecule has 0 amide bonds. The van der Waals surface area contributed by atoms with Crippen molar-refractivity contribution < 1.29 is 14.7 Å². The summed E-state index contributed by atoms with van der Waals surface area (Å²) in [5, 5.41) is 8.80. The quantitative estimate of drug-likeness (QED) is 0.810. The van der Waals surface area contributed by atoms with Gasteiger partial charge in [0.1, 0.15) is 0 Å². The molecule has 96 valence electrons. The van der Waals surface area contributed by atoms with Crippen LogP contribution in [0.25, 0.3) is 0 Å². The topological polar surface area (TPSA) is 54.4 Å². The maximum absolute atomic E-state index is 11.6. The highest BCUT2D eigenvalue weighted by Crippen LogP contribution is 2.20. The molecule has 3 nitrogen and oxygen atoms in total. The third-order valence-corrected chi connectivity index (χ3v) is 2.68. The van der Waals surface area contributed by atoms with Gasteiger partial charge in [-0.25, -0.2) is 4.79 Å². The molecule has 0 spiro atoms. The molecule has 0 saturated carbocycles. The third-order valence-electron chi connectivity index (χ3n) is 2.68. The van der Waals surface area contributed by atoms with Gasteiger partial charge in [0.25, 0.3) is 0 Å². The van der Waals surface area contributed by atoms with E-state index in [0.717, 1.165) is 11.1 Å². The summed E-state index contributed by atoms with van der Waals surface area (Å²) >= 11 is 0. The van der Waals surface area contributed by atoms with E-state index in [-0.39, 0.29) is 17.3 Å². The molecule has 18 heavy (non-hydrogen) atoms. The van der Waals surface area contributed by atoms with Crippen LogP contribution in [0, 0.1) is 0 Å². The van der Waals surface area contributed by atoms with Crippen molar-refractivity contribution in [2.24, 2.45) is 0 Å². The van der Waals surface area contributed by atoms with Gasteiger partial charge >= 0.3 is 5.97 Å². The number of aromatic carboxylic acids is 1. The molecule has 0 radical (unpaired) electrons. The molecule has 0 aliphatic carbocycles. The van der Waals surface area contributed by atoms with E-state index in [1.807, 2.05) is 20.8 Å². The van der Waals surface area contributed by atoms with Crippen molar-refractivity contribution in [3.05, 3.63) is 47.0 Å². The van der Waals surface area contributed by atoms with Crippen molar-refractivity contribution in [1.29, 1.82) is 0 Å². The van der Waals surface area contributed by atoms with E-state index in [9.17, 15) is 9.59 Å². The SMILES string of the molecule is CC(C)=CC(=O)CC(C)c1ccc(C(=O)O)cc1. The molecule has 0 bridgehead atoms. The molecule has 1 N–H and O–H groups in total. The minimum Gasteiger partial charge on any atom is -0.478 e. The van der Waals surface area contributed by atoms with Gasteiger partial charge in [-0.3, -0.25) is 4.79 Å². The molecule has 0 saturated heterocycles. The summed E-state index contributed by atoms with van der Waals surface area (Å²) in [6, 6.07) is 6.67. The van der Waals surface area contributed by atoms with Gasteiger partial charge in [0.15, 0.2) is 5.78 Å². The first-order valence-electron chi connectivity index (χ1n) is 5.91. The summed E-state index contributed by atoms with van der Waals surface area (Å²) in [6.07, 6.45) is 2.08. The van der Waals surface area contributed by atoms with E-state index < -0.39 is 5.97 Å². The molecule has 1 atom stereocenters. The van der Waals surface area contributed by atoms with Crippen LogP contribution in [0.5, 0.6) is 0 Å². The zero-order chi connectivity index (χ0) is 13.7. The lowest BCUT2D eigenvalue weighted by atomic mass is 9.94. The highest BCUT2D eigenvalue weighted by atomic mass is 16.4. The number of benzene rings is 1. The highest BCUT2D eigenvalue weighted by molar-refractivity contribution is 5.91. The van der Waals surface area contributed by atoms with Crippen LogP contribution in [0.4, 0.5) is 0 Å². The van der Waals surface area contributed by atoms with Crippen molar-refractivity contribution in [3.63, 3.8) is 0 Å². The molecule has 0 fully saturated rings. The minimum atomic E-state index is -0.935. The van der Waals surface area contributed by atoms with Crippen LogP contribution in [0.1, 0.15) is 49.0 Å². The van der Waals surface area contributed by atoms with E-state index in [0.29, 0.717) is 6.42 Å². The van der Waals surface area contributed by atoms with Gasteiger partial charge in [-0.15, -0.1) is 0 Å². The highest BCUT2D eigenvalue weighted by Gasteiger charge is 2.10. The number of carboxylic acids is 1. The number of rotatable bonds is 5. The molecule has 0 aliphatic rings. The molecular weight excluding hydrogens is 228 g/mol. The Labute approximate surface area is 107 Å². The third kappa shape index (κ3) is 4.17. The monoisotopic (exact) mass is 246 g/mol. The Hall–Kier alpha value is -1.90. The van der Waals surface area contributed by atoms with E-state index in [1.54, 1.807) is 30.3 Å². The van der Waals surface area contributed by atoms with Gasteiger partial charge in [-0.1, -0.05) is 24.6 Å². The summed E-state index contributed by atoms with van der Waals surface area (Å²) in [6.45, 7) is 5.75. The van der Waals surface area contributed by atoms with E-state index in [2.05, 4.69) is 0 Å². The van der Waals surface area contributed by atoms with Crippen molar-refractivity contribution in [2.45, 2.75) is 33.1 Å². The first kappa shape index (κ1) is 14.2. The molecule has 1 rings (SSSR count). The second-order valence-electron chi connectivity index (χ2n) is 4.72. The van der Waals surface area contributed by atoms with E-state index in [4.69, 9.17) is 5.11 Å². The fourth-order valence-electron chi connectivity index (χ4n) is 1.75. The lowest BCUT2D eigenvalue weighted by molar-refractivity contribution is -0.114. The number of hydrogen-bond acceptors (Lipinski definition) is 2. The summed E-state index contributed by atoms with van der Waals surface area (Å²) in [4.78, 5) is 22.4. The van der Waals surface area contributed by atoms with Crippen molar-refractivity contribution >= 4 is 11.8 Å². The smallest absolute Gasteiger partial charge is 0.335 e. The Morgan fingerprint density at radius 2 is 1.78 bits per heavy atom. The van der Waals surface area contributed by atoms with Gasteiger partial charge in [0.2, 0.25) is 0 Å². The van der Waals surface area contributed by atoms with Crippen LogP contribution in [-0.4, -0.2) is 16.9 Å². The normalized spacial score (nSPS) is 11.7. The second-order valence-corrected chi connectivity index (χ2v) is 4.72. The van der Waals surface area contributed by atoms with E-state index in [1.165, 1.54) is 0 Å². The number of allylic oxidation sites excluding steroid dienone is 2. The number of carboxylic acid groups (broad SMARTS) is 1. The molecule has 3 heteroatoms. The summed E-state index contributed by atoms with van der Waals surface area (Å²) in [5.41, 5.74) is 2.24. The molecular formula is C15H18O3. The van der Waals surface area contributed by atoms with Gasteiger partial charge in [0.05, 0.1) is 5.56 Å². The van der Waals surface area contributed by atoms with Crippen molar-refractivity contribution in [3.8, 4) is 0 Å². The van der Waals surface area contributed by atoms with Gasteiger partial charge < -0.3 is 5.11 Å². The first-order chi connectivity index (χ1) is 8.40. The number of carbonyl (C=O) groups is 2. The number of hydrogen-bond donors (Lipinski definition) is 1. The molecule has 1 unspecified atom stereocenters. The van der Waals surface area contributed by atoms with Crippen LogP contribution in [0.3, 0.4) is 0 Å². The van der Waals surface area contributed by atoms with Crippen molar-refractivity contribution in [2.75, 3.05) is 0 Å². The van der Waals surface area contributed by atoms with Gasteiger partial charge in [-0.05, 0) is 43.5 Å². The van der Waals surface area contributed by atoms with Gasteiger partial charge in [-0.2, -0.15) is 0 Å². The summed E-state index contributed by atoms with van der Waals surface area (Å²) in [7, 11) is 0. The molecule has 0 heterocycles. The Balaban J connectivity index is 2.73. The fraction of sp³-hybridized carbons (Fsp3) is 0.333. The Morgan fingerprint density at radius 1 is 1.22 bits per heavy atom. The molecule has 1 aromatic rings. The van der Waals surface area contributed by atoms with Crippen LogP contribution in [-0.2, 0) is 4.79 Å². The predicted molar refractivity (Wildman–Crippen MR) is 70.9 cm³/mol. The standard InChI is InChI=1S/C15H18O3/c1-10(2)8-14(16)9-11(3)12-4-6-13(7-5-12)15(17)18/h4-8,11H,9H2,1-3H3,(H,17,18). The van der Waals surface area contributed by atoms with Crippen LogP contribution in [0.15, 0.2) is 35.9 Å². The molecule has 0 aromatic heterocycles. The largest absolute Gasteiger partial charge is 0.478 e. The fourth-order valence-corrected chi connectivity index (χ4v) is 1.75. The van der Waals surface area contributed by atoms with Crippen LogP contribution < -0.4 is 0 Å². The average Bonchev–Trinajstić information content (AvgIpc) is 2.27.